The van der Waals surface area contributed by atoms with Gasteiger partial charge in [-0.3, -0.25) is 4.79 Å². The molecule has 1 aliphatic rings. The van der Waals surface area contributed by atoms with Crippen molar-refractivity contribution in [2.45, 2.75) is 12.3 Å². The fraction of sp³-hybridized carbons (Fsp3) is 0.267. The van der Waals surface area contributed by atoms with Gasteiger partial charge in [-0.2, -0.15) is 0 Å². The highest BCUT2D eigenvalue weighted by Gasteiger charge is 2.45. The van der Waals surface area contributed by atoms with Crippen molar-refractivity contribution in [2.24, 2.45) is 5.92 Å². The molecule has 7 heteroatoms. The van der Waals surface area contributed by atoms with E-state index in [1.807, 2.05) is 12.1 Å². The van der Waals surface area contributed by atoms with E-state index in [9.17, 15) is 4.79 Å². The number of methoxy groups -OCH3 is 1. The number of hydrogen-bond donors (Lipinski definition) is 1. The van der Waals surface area contributed by atoms with Crippen LogP contribution in [0.2, 0.25) is 10.2 Å². The second-order valence-corrected chi connectivity index (χ2v) is 5.87. The topological polar surface area (TPSA) is 64.1 Å². The average molecular weight is 338 g/mol. The number of ether oxygens (including phenoxy) is 1. The van der Waals surface area contributed by atoms with Crippen molar-refractivity contribution in [2.75, 3.05) is 12.4 Å². The van der Waals surface area contributed by atoms with E-state index in [4.69, 9.17) is 27.9 Å². The lowest BCUT2D eigenvalue weighted by atomic mass is 10.1. The molecule has 0 unspecified atom stereocenters. The first-order valence-corrected chi connectivity index (χ1v) is 7.46. The molecule has 1 aliphatic carbocycles. The van der Waals surface area contributed by atoms with Crippen molar-refractivity contribution < 1.29 is 9.53 Å². The summed E-state index contributed by atoms with van der Waals surface area (Å²) in [7, 11) is 1.60. The Kier molecular flexibility index (Phi) is 4.18. The van der Waals surface area contributed by atoms with Crippen LogP contribution in [0.25, 0.3) is 0 Å². The molecule has 2 aromatic rings. The Balaban J connectivity index is 1.72. The van der Waals surface area contributed by atoms with E-state index in [0.29, 0.717) is 10.8 Å². The van der Waals surface area contributed by atoms with Crippen molar-refractivity contribution in [1.82, 2.24) is 9.97 Å². The summed E-state index contributed by atoms with van der Waals surface area (Å²) in [5.41, 5.74) is 0.955. The van der Waals surface area contributed by atoms with Crippen LogP contribution >= 0.6 is 23.2 Å². The van der Waals surface area contributed by atoms with Gasteiger partial charge in [-0.25, -0.2) is 9.97 Å². The van der Waals surface area contributed by atoms with Gasteiger partial charge in [0.15, 0.2) is 0 Å². The summed E-state index contributed by atoms with van der Waals surface area (Å²) in [6.07, 6.45) is 2.06. The summed E-state index contributed by atoms with van der Waals surface area (Å²) in [6, 6.07) is 6.94. The number of benzene rings is 1. The molecule has 0 radical (unpaired) electrons. The monoisotopic (exact) mass is 337 g/mol. The molecule has 0 aliphatic heterocycles. The van der Waals surface area contributed by atoms with Crippen LogP contribution in [0.5, 0.6) is 5.75 Å². The minimum absolute atomic E-state index is 0.0956. The van der Waals surface area contributed by atoms with E-state index in [0.717, 1.165) is 17.7 Å². The molecular weight excluding hydrogens is 325 g/mol. The fourth-order valence-electron chi connectivity index (χ4n) is 2.44. The van der Waals surface area contributed by atoms with E-state index >= 15 is 0 Å². The molecule has 0 bridgehead atoms. The molecule has 5 nitrogen and oxygen atoms in total. The van der Waals surface area contributed by atoms with Crippen LogP contribution in [0.15, 0.2) is 30.6 Å². The van der Waals surface area contributed by atoms with Crippen molar-refractivity contribution in [3.63, 3.8) is 0 Å². The molecular formula is C15H13Cl2N3O2. The Morgan fingerprint density at radius 3 is 2.86 bits per heavy atom. The highest BCUT2D eigenvalue weighted by Crippen LogP contribution is 2.51. The lowest BCUT2D eigenvalue weighted by Crippen LogP contribution is -2.15. The molecule has 114 valence electrons. The van der Waals surface area contributed by atoms with Crippen molar-refractivity contribution >= 4 is 34.9 Å². The SMILES string of the molecule is COc1ccc(Cl)cc1[C@H]1C[C@@H]1C(=O)Nc1cc(Cl)ncn1. The number of halogens is 2. The molecule has 1 amide bonds. The number of carbonyl (C=O) groups is 1. The lowest BCUT2D eigenvalue weighted by molar-refractivity contribution is -0.117. The van der Waals surface area contributed by atoms with Crippen molar-refractivity contribution in [3.05, 3.63) is 46.3 Å². The Labute approximate surface area is 137 Å². The fourth-order valence-corrected chi connectivity index (χ4v) is 2.77. The smallest absolute Gasteiger partial charge is 0.229 e. The summed E-state index contributed by atoms with van der Waals surface area (Å²) >= 11 is 11.8. The van der Waals surface area contributed by atoms with Crippen LogP contribution in [0.1, 0.15) is 17.9 Å². The van der Waals surface area contributed by atoms with E-state index in [1.54, 1.807) is 13.2 Å². The maximum absolute atomic E-state index is 12.3. The molecule has 1 N–H and O–H groups in total. The van der Waals surface area contributed by atoms with Gasteiger partial charge in [0.25, 0.3) is 0 Å². The summed E-state index contributed by atoms with van der Waals surface area (Å²) in [4.78, 5) is 20.0. The normalized spacial score (nSPS) is 19.6. The van der Waals surface area contributed by atoms with E-state index < -0.39 is 0 Å². The highest BCUT2D eigenvalue weighted by molar-refractivity contribution is 6.30. The predicted octanol–water partition coefficient (Wildman–Crippen LogP) is 3.53. The first kappa shape index (κ1) is 15.1. The lowest BCUT2D eigenvalue weighted by Gasteiger charge is -2.09. The summed E-state index contributed by atoms with van der Waals surface area (Å²) in [5, 5.41) is 3.66. The van der Waals surface area contributed by atoms with Crippen molar-refractivity contribution in [1.29, 1.82) is 0 Å². The summed E-state index contributed by atoms with van der Waals surface area (Å²) in [6.45, 7) is 0. The van der Waals surface area contributed by atoms with Crippen LogP contribution in [0, 0.1) is 5.92 Å². The molecule has 1 heterocycles. The third-order valence-electron chi connectivity index (χ3n) is 3.60. The molecule has 1 aromatic heterocycles. The number of rotatable bonds is 4. The first-order valence-electron chi connectivity index (χ1n) is 6.70. The number of nitrogens with zero attached hydrogens (tertiary/aromatic N) is 2. The minimum atomic E-state index is -0.124. The van der Waals surface area contributed by atoms with Gasteiger partial charge in [-0.15, -0.1) is 0 Å². The molecule has 2 atom stereocenters. The molecule has 22 heavy (non-hydrogen) atoms. The number of aromatic nitrogens is 2. The minimum Gasteiger partial charge on any atom is -0.496 e. The van der Waals surface area contributed by atoms with Gasteiger partial charge >= 0.3 is 0 Å². The molecule has 1 aromatic carbocycles. The van der Waals surface area contributed by atoms with Crippen LogP contribution in [-0.4, -0.2) is 23.0 Å². The number of amides is 1. The van der Waals surface area contributed by atoms with E-state index in [2.05, 4.69) is 15.3 Å². The zero-order valence-corrected chi connectivity index (χ0v) is 13.2. The Morgan fingerprint density at radius 1 is 1.32 bits per heavy atom. The third kappa shape index (κ3) is 3.15. The number of hydrogen-bond acceptors (Lipinski definition) is 4. The molecule has 0 spiro atoms. The van der Waals surface area contributed by atoms with Gasteiger partial charge in [-0.1, -0.05) is 23.2 Å². The van der Waals surface area contributed by atoms with Gasteiger partial charge in [0.05, 0.1) is 7.11 Å². The van der Waals surface area contributed by atoms with Crippen LogP contribution < -0.4 is 10.1 Å². The van der Waals surface area contributed by atoms with Crippen LogP contribution in [-0.2, 0) is 4.79 Å². The Morgan fingerprint density at radius 2 is 2.14 bits per heavy atom. The first-order chi connectivity index (χ1) is 10.6. The second kappa shape index (κ2) is 6.10. The Hall–Kier alpha value is -1.85. The maximum atomic E-state index is 12.3. The van der Waals surface area contributed by atoms with Gasteiger partial charge < -0.3 is 10.1 Å². The van der Waals surface area contributed by atoms with Gasteiger partial charge in [0, 0.05) is 17.0 Å². The molecule has 0 saturated heterocycles. The van der Waals surface area contributed by atoms with Gasteiger partial charge in [-0.05, 0) is 36.1 Å². The predicted molar refractivity (Wildman–Crippen MR) is 84.5 cm³/mol. The number of anilines is 1. The maximum Gasteiger partial charge on any atom is 0.229 e. The van der Waals surface area contributed by atoms with Gasteiger partial charge in [0.1, 0.15) is 23.0 Å². The van der Waals surface area contributed by atoms with Crippen molar-refractivity contribution in [3.8, 4) is 5.75 Å². The summed E-state index contributed by atoms with van der Waals surface area (Å²) in [5.74, 6) is 1.03. The van der Waals surface area contributed by atoms with Crippen LogP contribution in [0.3, 0.4) is 0 Å². The summed E-state index contributed by atoms with van der Waals surface area (Å²) < 4.78 is 5.34. The quantitative estimate of drug-likeness (QED) is 0.866. The Bertz CT molecular complexity index is 724. The zero-order chi connectivity index (χ0) is 15.7. The van der Waals surface area contributed by atoms with E-state index in [-0.39, 0.29) is 22.9 Å². The molecule has 1 saturated carbocycles. The number of nitrogens with one attached hydrogen (secondary N) is 1. The van der Waals surface area contributed by atoms with E-state index in [1.165, 1.54) is 12.4 Å². The zero-order valence-electron chi connectivity index (χ0n) is 11.7. The van der Waals surface area contributed by atoms with Crippen LogP contribution in [0.4, 0.5) is 5.82 Å². The molecule has 1 fully saturated rings. The number of carbonyl (C=O) groups excluding carboxylic acids is 1. The second-order valence-electron chi connectivity index (χ2n) is 5.05. The standard InChI is InChI=1S/C15H13Cl2N3O2/c1-22-12-3-2-8(16)4-10(12)9-5-11(9)15(21)20-14-6-13(17)18-7-19-14/h2-4,6-7,9,11H,5H2,1H3,(H,18,19,20,21)/t9-,11+/m1/s1. The highest BCUT2D eigenvalue weighted by atomic mass is 35.5. The third-order valence-corrected chi connectivity index (χ3v) is 4.05. The average Bonchev–Trinajstić information content (AvgIpc) is 3.27. The largest absolute Gasteiger partial charge is 0.496 e. The molecule has 3 rings (SSSR count). The van der Waals surface area contributed by atoms with Gasteiger partial charge in [0.2, 0.25) is 5.91 Å².